The van der Waals surface area contributed by atoms with Gasteiger partial charge in [0, 0.05) is 10.6 Å². The number of nitrogens with one attached hydrogen (secondary N) is 1. The van der Waals surface area contributed by atoms with Crippen LogP contribution >= 0.6 is 11.6 Å². The normalized spacial score (nSPS) is 10.6. The number of carbonyl (C=O) groups excluding carboxylic acids is 1. The highest BCUT2D eigenvalue weighted by Gasteiger charge is 2.01. The summed E-state index contributed by atoms with van der Waals surface area (Å²) in [6.45, 7) is 0. The van der Waals surface area contributed by atoms with Gasteiger partial charge in [0.15, 0.2) is 0 Å². The van der Waals surface area contributed by atoms with Gasteiger partial charge in [-0.3, -0.25) is 4.79 Å². The predicted octanol–water partition coefficient (Wildman–Crippen LogP) is 3.03. The Kier molecular flexibility index (Phi) is 4.70. The first-order valence-electron chi connectivity index (χ1n) is 5.86. The van der Waals surface area contributed by atoms with Crippen molar-refractivity contribution in [1.82, 2.24) is 5.43 Å². The first kappa shape index (κ1) is 13.3. The third kappa shape index (κ3) is 4.23. The van der Waals surface area contributed by atoms with Crippen LogP contribution in [0.2, 0.25) is 5.02 Å². The fourth-order valence-electron chi connectivity index (χ4n) is 1.57. The summed E-state index contributed by atoms with van der Waals surface area (Å²) in [5.74, 6) is -0.158. The molecule has 3 nitrogen and oxygen atoms in total. The van der Waals surface area contributed by atoms with Gasteiger partial charge in [-0.05, 0) is 11.6 Å². The van der Waals surface area contributed by atoms with E-state index in [9.17, 15) is 4.79 Å². The zero-order valence-corrected chi connectivity index (χ0v) is 11.0. The van der Waals surface area contributed by atoms with Crippen LogP contribution in [0, 0.1) is 0 Å². The van der Waals surface area contributed by atoms with Gasteiger partial charge in [0.25, 0.3) is 0 Å². The van der Waals surface area contributed by atoms with Crippen LogP contribution in [0.25, 0.3) is 0 Å². The molecule has 0 saturated carbocycles. The highest BCUT2D eigenvalue weighted by atomic mass is 35.5. The van der Waals surface area contributed by atoms with Crippen molar-refractivity contribution in [2.24, 2.45) is 5.10 Å². The molecule has 0 heterocycles. The van der Waals surface area contributed by atoms with Crippen LogP contribution in [0.3, 0.4) is 0 Å². The van der Waals surface area contributed by atoms with Gasteiger partial charge >= 0.3 is 0 Å². The van der Waals surface area contributed by atoms with E-state index in [0.29, 0.717) is 11.4 Å². The first-order valence-corrected chi connectivity index (χ1v) is 6.24. The Morgan fingerprint density at radius 1 is 1.11 bits per heavy atom. The minimum absolute atomic E-state index is 0.158. The Morgan fingerprint density at radius 3 is 2.53 bits per heavy atom. The molecular formula is C15H13ClN2O. The van der Waals surface area contributed by atoms with Crippen molar-refractivity contribution >= 4 is 23.7 Å². The quantitative estimate of drug-likeness (QED) is 0.675. The lowest BCUT2D eigenvalue weighted by Gasteiger charge is -2.00. The van der Waals surface area contributed by atoms with Crippen molar-refractivity contribution in [3.05, 3.63) is 70.7 Å². The van der Waals surface area contributed by atoms with Gasteiger partial charge in [0.05, 0.1) is 12.6 Å². The second-order valence-electron chi connectivity index (χ2n) is 3.98. The number of nitrogens with zero attached hydrogens (tertiary/aromatic N) is 1. The summed E-state index contributed by atoms with van der Waals surface area (Å²) < 4.78 is 0. The molecule has 2 rings (SSSR count). The van der Waals surface area contributed by atoms with E-state index < -0.39 is 0 Å². The average Bonchev–Trinajstić information content (AvgIpc) is 2.42. The number of amides is 1. The van der Waals surface area contributed by atoms with E-state index in [2.05, 4.69) is 10.5 Å². The van der Waals surface area contributed by atoms with E-state index in [4.69, 9.17) is 11.6 Å². The fourth-order valence-corrected chi connectivity index (χ4v) is 1.76. The second-order valence-corrected chi connectivity index (χ2v) is 4.38. The number of rotatable bonds is 4. The molecule has 1 amide bonds. The lowest BCUT2D eigenvalue weighted by atomic mass is 10.1. The summed E-state index contributed by atoms with van der Waals surface area (Å²) in [5.41, 5.74) is 4.20. The maximum atomic E-state index is 11.6. The number of carbonyl (C=O) groups is 1. The van der Waals surface area contributed by atoms with Crippen LogP contribution < -0.4 is 5.43 Å². The van der Waals surface area contributed by atoms with E-state index in [1.807, 2.05) is 48.5 Å². The molecule has 0 aromatic heterocycles. The number of benzene rings is 2. The minimum Gasteiger partial charge on any atom is -0.273 e. The molecule has 2 aromatic rings. The van der Waals surface area contributed by atoms with Crippen LogP contribution in [0.1, 0.15) is 11.1 Å². The molecule has 0 saturated heterocycles. The van der Waals surface area contributed by atoms with Crippen molar-refractivity contribution in [1.29, 1.82) is 0 Å². The largest absolute Gasteiger partial charge is 0.273 e. The third-order valence-corrected chi connectivity index (χ3v) is 2.85. The van der Waals surface area contributed by atoms with Crippen molar-refractivity contribution < 1.29 is 4.79 Å². The van der Waals surface area contributed by atoms with Crippen molar-refractivity contribution in [2.45, 2.75) is 6.42 Å². The maximum absolute atomic E-state index is 11.6. The fraction of sp³-hybridized carbons (Fsp3) is 0.0667. The molecule has 1 N–H and O–H groups in total. The number of hydrogen-bond donors (Lipinski definition) is 1. The van der Waals surface area contributed by atoms with Crippen molar-refractivity contribution in [3.8, 4) is 0 Å². The van der Waals surface area contributed by atoms with E-state index in [0.717, 1.165) is 11.1 Å². The van der Waals surface area contributed by atoms with Gasteiger partial charge in [-0.2, -0.15) is 5.10 Å². The molecule has 0 fully saturated rings. The van der Waals surface area contributed by atoms with E-state index in [-0.39, 0.29) is 5.91 Å². The zero-order valence-electron chi connectivity index (χ0n) is 10.2. The van der Waals surface area contributed by atoms with E-state index >= 15 is 0 Å². The van der Waals surface area contributed by atoms with Gasteiger partial charge in [-0.1, -0.05) is 60.1 Å². The highest BCUT2D eigenvalue weighted by Crippen LogP contribution is 2.11. The minimum atomic E-state index is -0.158. The third-order valence-electron chi connectivity index (χ3n) is 2.51. The lowest BCUT2D eigenvalue weighted by molar-refractivity contribution is -0.120. The topological polar surface area (TPSA) is 41.5 Å². The van der Waals surface area contributed by atoms with Crippen LogP contribution in [-0.4, -0.2) is 12.1 Å². The molecule has 0 bridgehead atoms. The van der Waals surface area contributed by atoms with Crippen molar-refractivity contribution in [2.75, 3.05) is 0 Å². The lowest BCUT2D eigenvalue weighted by Crippen LogP contribution is -2.19. The SMILES string of the molecule is O=C(Cc1ccccc1)N/N=C/c1ccccc1Cl. The summed E-state index contributed by atoms with van der Waals surface area (Å²) >= 11 is 5.97. The van der Waals surface area contributed by atoms with Gasteiger partial charge in [0.2, 0.25) is 5.91 Å². The Morgan fingerprint density at radius 2 is 1.79 bits per heavy atom. The zero-order chi connectivity index (χ0) is 13.5. The maximum Gasteiger partial charge on any atom is 0.244 e. The summed E-state index contributed by atoms with van der Waals surface area (Å²) in [4.78, 5) is 11.6. The molecule has 0 radical (unpaired) electrons. The highest BCUT2D eigenvalue weighted by molar-refractivity contribution is 6.33. The van der Waals surface area contributed by atoms with Gasteiger partial charge in [-0.15, -0.1) is 0 Å². The van der Waals surface area contributed by atoms with Gasteiger partial charge < -0.3 is 0 Å². The molecule has 19 heavy (non-hydrogen) atoms. The molecule has 0 spiro atoms. The van der Waals surface area contributed by atoms with Crippen LogP contribution in [-0.2, 0) is 11.2 Å². The second kappa shape index (κ2) is 6.71. The number of hydrazone groups is 1. The Balaban J connectivity index is 1.89. The molecule has 2 aromatic carbocycles. The smallest absolute Gasteiger partial charge is 0.244 e. The van der Waals surface area contributed by atoms with Gasteiger partial charge in [0.1, 0.15) is 0 Å². The van der Waals surface area contributed by atoms with Gasteiger partial charge in [-0.25, -0.2) is 5.43 Å². The molecule has 4 heteroatoms. The molecule has 0 aliphatic heterocycles. The monoisotopic (exact) mass is 272 g/mol. The van der Waals surface area contributed by atoms with Crippen LogP contribution in [0.15, 0.2) is 59.7 Å². The first-order chi connectivity index (χ1) is 9.25. The Labute approximate surface area is 116 Å². The average molecular weight is 273 g/mol. The number of halogens is 1. The summed E-state index contributed by atoms with van der Waals surface area (Å²) in [7, 11) is 0. The number of hydrogen-bond acceptors (Lipinski definition) is 2. The Bertz CT molecular complexity index is 582. The molecule has 96 valence electrons. The standard InChI is InChI=1S/C15H13ClN2O/c16-14-9-5-4-8-13(14)11-17-18-15(19)10-12-6-2-1-3-7-12/h1-9,11H,10H2,(H,18,19)/b17-11+. The van der Waals surface area contributed by atoms with E-state index in [1.165, 1.54) is 6.21 Å². The molecule has 0 aliphatic carbocycles. The summed E-state index contributed by atoms with van der Waals surface area (Å²) in [5, 5.41) is 4.49. The van der Waals surface area contributed by atoms with Crippen LogP contribution in [0.4, 0.5) is 0 Å². The van der Waals surface area contributed by atoms with E-state index in [1.54, 1.807) is 6.07 Å². The van der Waals surface area contributed by atoms with Crippen LogP contribution in [0.5, 0.6) is 0 Å². The molecule has 0 unspecified atom stereocenters. The molecular weight excluding hydrogens is 260 g/mol. The predicted molar refractivity (Wildman–Crippen MR) is 77.3 cm³/mol. The summed E-state index contributed by atoms with van der Waals surface area (Å²) in [6, 6.07) is 16.8. The molecule has 0 atom stereocenters. The Hall–Kier alpha value is -2.13. The molecule has 0 aliphatic rings. The summed E-state index contributed by atoms with van der Waals surface area (Å²) in [6.07, 6.45) is 1.84. The van der Waals surface area contributed by atoms with Crippen molar-refractivity contribution in [3.63, 3.8) is 0 Å².